The number of nitrogens with zero attached hydrogens (tertiary/aromatic N) is 5. The highest BCUT2D eigenvalue weighted by molar-refractivity contribution is 7.99. The van der Waals surface area contributed by atoms with Crippen molar-refractivity contribution in [3.8, 4) is 11.4 Å². The predicted molar refractivity (Wildman–Crippen MR) is 126 cm³/mol. The van der Waals surface area contributed by atoms with Crippen LogP contribution in [0.5, 0.6) is 5.75 Å². The minimum absolute atomic E-state index is 0.108. The molecule has 33 heavy (non-hydrogen) atoms. The lowest BCUT2D eigenvalue weighted by Crippen LogP contribution is -2.15. The van der Waals surface area contributed by atoms with E-state index in [0.717, 1.165) is 16.4 Å². The molecule has 0 bridgehead atoms. The SMILES string of the molecule is COc1ccccc1-n1c(CNc2ccc(F)cc2)nnc1SCC(=O)Nc1nnc(C)s1. The molecule has 9 nitrogen and oxygen atoms in total. The Balaban J connectivity index is 1.55. The van der Waals surface area contributed by atoms with E-state index in [1.807, 2.05) is 35.8 Å². The van der Waals surface area contributed by atoms with Gasteiger partial charge in [-0.25, -0.2) is 4.39 Å². The number of aryl methyl sites for hydroxylation is 1. The van der Waals surface area contributed by atoms with Crippen molar-refractivity contribution in [2.45, 2.75) is 18.6 Å². The molecule has 2 aromatic carbocycles. The average molecular weight is 486 g/mol. The maximum absolute atomic E-state index is 13.2. The first-order valence-electron chi connectivity index (χ1n) is 9.83. The van der Waals surface area contributed by atoms with Gasteiger partial charge in [0.2, 0.25) is 11.0 Å². The van der Waals surface area contributed by atoms with E-state index >= 15 is 0 Å². The number of hydrogen-bond donors (Lipinski definition) is 2. The number of ether oxygens (including phenoxy) is 1. The molecule has 4 aromatic rings. The van der Waals surface area contributed by atoms with E-state index in [2.05, 4.69) is 31.0 Å². The largest absolute Gasteiger partial charge is 0.495 e. The topological polar surface area (TPSA) is 107 Å². The second kappa shape index (κ2) is 10.4. The van der Waals surface area contributed by atoms with Crippen LogP contribution in [0, 0.1) is 12.7 Å². The number of carbonyl (C=O) groups excluding carboxylic acids is 1. The number of benzene rings is 2. The van der Waals surface area contributed by atoms with Crippen molar-refractivity contribution in [3.05, 3.63) is 65.2 Å². The third kappa shape index (κ3) is 5.65. The summed E-state index contributed by atoms with van der Waals surface area (Å²) < 4.78 is 20.6. The van der Waals surface area contributed by atoms with Crippen LogP contribution in [-0.4, -0.2) is 43.7 Å². The van der Waals surface area contributed by atoms with Crippen LogP contribution in [0.25, 0.3) is 5.69 Å². The van der Waals surface area contributed by atoms with Crippen molar-refractivity contribution in [1.29, 1.82) is 0 Å². The number of aromatic nitrogens is 5. The minimum Gasteiger partial charge on any atom is -0.495 e. The van der Waals surface area contributed by atoms with Crippen LogP contribution < -0.4 is 15.4 Å². The Labute approximate surface area is 197 Å². The van der Waals surface area contributed by atoms with Gasteiger partial charge in [0.25, 0.3) is 0 Å². The van der Waals surface area contributed by atoms with Gasteiger partial charge in [-0.05, 0) is 43.3 Å². The van der Waals surface area contributed by atoms with Crippen LogP contribution in [0.2, 0.25) is 0 Å². The summed E-state index contributed by atoms with van der Waals surface area (Å²) in [5, 5.41) is 24.1. The van der Waals surface area contributed by atoms with Crippen molar-refractivity contribution in [2.24, 2.45) is 0 Å². The van der Waals surface area contributed by atoms with Crippen LogP contribution in [-0.2, 0) is 11.3 Å². The quantitative estimate of drug-likeness (QED) is 0.344. The number of para-hydroxylation sites is 2. The van der Waals surface area contributed by atoms with E-state index < -0.39 is 0 Å². The van der Waals surface area contributed by atoms with Crippen LogP contribution in [0.1, 0.15) is 10.8 Å². The van der Waals surface area contributed by atoms with Crippen LogP contribution >= 0.6 is 23.1 Å². The van der Waals surface area contributed by atoms with E-state index in [0.29, 0.717) is 28.4 Å². The molecular formula is C21H20FN7O2S2. The van der Waals surface area contributed by atoms with Crippen LogP contribution in [0.4, 0.5) is 15.2 Å². The highest BCUT2D eigenvalue weighted by Crippen LogP contribution is 2.29. The second-order valence-corrected chi connectivity index (χ2v) is 8.85. The lowest BCUT2D eigenvalue weighted by molar-refractivity contribution is -0.113. The van der Waals surface area contributed by atoms with Crippen molar-refractivity contribution in [1.82, 2.24) is 25.0 Å². The first kappa shape index (κ1) is 22.7. The zero-order chi connectivity index (χ0) is 23.2. The molecule has 0 aliphatic rings. The molecule has 0 radical (unpaired) electrons. The van der Waals surface area contributed by atoms with Crippen molar-refractivity contribution >= 4 is 39.8 Å². The van der Waals surface area contributed by atoms with Gasteiger partial charge in [0.1, 0.15) is 16.6 Å². The Morgan fingerprint density at radius 1 is 1.12 bits per heavy atom. The predicted octanol–water partition coefficient (Wildman–Crippen LogP) is 3.92. The highest BCUT2D eigenvalue weighted by Gasteiger charge is 2.19. The number of amides is 1. The molecule has 2 N–H and O–H groups in total. The normalized spacial score (nSPS) is 10.8. The van der Waals surface area contributed by atoms with Gasteiger partial charge >= 0.3 is 0 Å². The van der Waals surface area contributed by atoms with Crippen LogP contribution in [0.3, 0.4) is 0 Å². The van der Waals surface area contributed by atoms with Crippen molar-refractivity contribution < 1.29 is 13.9 Å². The number of thioether (sulfide) groups is 1. The number of methoxy groups -OCH3 is 1. The molecule has 0 atom stereocenters. The minimum atomic E-state index is -0.307. The molecule has 4 rings (SSSR count). The van der Waals surface area contributed by atoms with Gasteiger partial charge < -0.3 is 10.1 Å². The number of carbonyl (C=O) groups is 1. The Hall–Kier alpha value is -3.51. The van der Waals surface area contributed by atoms with Crippen molar-refractivity contribution in [3.63, 3.8) is 0 Å². The Morgan fingerprint density at radius 2 is 1.91 bits per heavy atom. The summed E-state index contributed by atoms with van der Waals surface area (Å²) in [6.45, 7) is 2.15. The molecule has 0 saturated carbocycles. The summed E-state index contributed by atoms with van der Waals surface area (Å²) in [5.41, 5.74) is 1.48. The monoisotopic (exact) mass is 485 g/mol. The summed E-state index contributed by atoms with van der Waals surface area (Å²) in [5.74, 6) is 0.815. The second-order valence-electron chi connectivity index (χ2n) is 6.73. The lowest BCUT2D eigenvalue weighted by atomic mass is 10.3. The Bertz CT molecular complexity index is 1240. The van der Waals surface area contributed by atoms with Gasteiger partial charge in [-0.2, -0.15) is 0 Å². The van der Waals surface area contributed by atoms with Gasteiger partial charge in [-0.1, -0.05) is 35.2 Å². The van der Waals surface area contributed by atoms with Gasteiger partial charge in [0, 0.05) is 5.69 Å². The summed E-state index contributed by atoms with van der Waals surface area (Å²) in [4.78, 5) is 12.4. The van der Waals surface area contributed by atoms with E-state index in [1.165, 1.54) is 35.2 Å². The molecule has 1 amide bonds. The fourth-order valence-electron chi connectivity index (χ4n) is 2.95. The molecule has 0 saturated heterocycles. The van der Waals surface area contributed by atoms with E-state index in [4.69, 9.17) is 4.74 Å². The fourth-order valence-corrected chi connectivity index (χ4v) is 4.32. The smallest absolute Gasteiger partial charge is 0.236 e. The van der Waals surface area contributed by atoms with E-state index in [-0.39, 0.29) is 17.5 Å². The number of nitrogens with one attached hydrogen (secondary N) is 2. The molecular weight excluding hydrogens is 465 g/mol. The number of halogens is 1. The molecule has 2 heterocycles. The zero-order valence-electron chi connectivity index (χ0n) is 17.8. The third-order valence-electron chi connectivity index (χ3n) is 4.43. The molecule has 0 unspecified atom stereocenters. The van der Waals surface area contributed by atoms with Gasteiger partial charge in [-0.15, -0.1) is 20.4 Å². The molecule has 0 aliphatic heterocycles. The first-order chi connectivity index (χ1) is 16.0. The van der Waals surface area contributed by atoms with Gasteiger partial charge in [0.05, 0.1) is 25.1 Å². The van der Waals surface area contributed by atoms with E-state index in [9.17, 15) is 9.18 Å². The summed E-state index contributed by atoms with van der Waals surface area (Å²) >= 11 is 2.55. The number of hydrogen-bond acceptors (Lipinski definition) is 9. The summed E-state index contributed by atoms with van der Waals surface area (Å²) in [7, 11) is 1.59. The molecule has 0 aliphatic carbocycles. The molecule has 0 fully saturated rings. The molecule has 2 aromatic heterocycles. The standard InChI is InChI=1S/C21H20FN7O2S2/c1-13-25-27-20(33-13)24-19(30)12-32-21-28-26-18(11-23-15-9-7-14(22)8-10-15)29(21)16-5-3-4-6-17(16)31-2/h3-10,23H,11-12H2,1-2H3,(H,24,27,30). The molecule has 0 spiro atoms. The van der Waals surface area contributed by atoms with Crippen LogP contribution in [0.15, 0.2) is 53.7 Å². The number of rotatable bonds is 9. The number of anilines is 2. The summed E-state index contributed by atoms with van der Waals surface area (Å²) in [6, 6.07) is 13.5. The first-order valence-corrected chi connectivity index (χ1v) is 11.6. The Kier molecular flexibility index (Phi) is 7.15. The maximum Gasteiger partial charge on any atom is 0.236 e. The van der Waals surface area contributed by atoms with Crippen molar-refractivity contribution in [2.75, 3.05) is 23.5 Å². The fraction of sp³-hybridized carbons (Fsp3) is 0.190. The van der Waals surface area contributed by atoms with Gasteiger partial charge in [0.15, 0.2) is 11.0 Å². The Morgan fingerprint density at radius 3 is 2.64 bits per heavy atom. The maximum atomic E-state index is 13.2. The third-order valence-corrected chi connectivity index (χ3v) is 6.11. The highest BCUT2D eigenvalue weighted by atomic mass is 32.2. The summed E-state index contributed by atoms with van der Waals surface area (Å²) in [6.07, 6.45) is 0. The lowest BCUT2D eigenvalue weighted by Gasteiger charge is -2.14. The average Bonchev–Trinajstić information content (AvgIpc) is 3.42. The molecule has 170 valence electrons. The van der Waals surface area contributed by atoms with Gasteiger partial charge in [-0.3, -0.25) is 14.7 Å². The molecule has 12 heteroatoms. The zero-order valence-corrected chi connectivity index (χ0v) is 19.4. The van der Waals surface area contributed by atoms with E-state index in [1.54, 1.807) is 19.2 Å².